The van der Waals surface area contributed by atoms with Gasteiger partial charge in [-0.3, -0.25) is 4.79 Å². The van der Waals surface area contributed by atoms with Crippen molar-refractivity contribution in [1.29, 1.82) is 0 Å². The molecule has 1 heterocycles. The number of carbonyl (C=O) groups excluding carboxylic acids is 1. The molecule has 3 rings (SSSR count). The second-order valence-corrected chi connectivity index (χ2v) is 5.49. The Kier molecular flexibility index (Phi) is 4.52. The van der Waals surface area contributed by atoms with Crippen molar-refractivity contribution in [2.45, 2.75) is 13.0 Å². The van der Waals surface area contributed by atoms with Gasteiger partial charge in [-0.25, -0.2) is 9.97 Å². The van der Waals surface area contributed by atoms with E-state index < -0.39 is 11.9 Å². The molecule has 5 heteroatoms. The van der Waals surface area contributed by atoms with E-state index in [4.69, 9.17) is 5.73 Å². The SMILES string of the molecule is Cc1ccnc(-c2ccc(NC(C(N)=O)c3ccccc3)cc2)n1. The fraction of sp³-hybridized carbons (Fsp3) is 0.105. The smallest absolute Gasteiger partial charge is 0.244 e. The number of nitrogens with zero attached hydrogens (tertiary/aromatic N) is 2. The highest BCUT2D eigenvalue weighted by atomic mass is 16.1. The molecule has 1 amide bonds. The number of nitrogens with two attached hydrogens (primary N) is 1. The van der Waals surface area contributed by atoms with Gasteiger partial charge in [0, 0.05) is 23.1 Å². The Bertz CT molecular complexity index is 832. The second kappa shape index (κ2) is 6.91. The molecule has 0 saturated carbocycles. The van der Waals surface area contributed by atoms with E-state index in [-0.39, 0.29) is 0 Å². The molecule has 0 bridgehead atoms. The van der Waals surface area contributed by atoms with E-state index in [1.807, 2.05) is 67.6 Å². The number of hydrogen-bond acceptors (Lipinski definition) is 4. The first-order chi connectivity index (χ1) is 11.6. The Balaban J connectivity index is 1.81. The Labute approximate surface area is 140 Å². The molecule has 0 saturated heterocycles. The number of anilines is 1. The molecule has 0 aliphatic rings. The summed E-state index contributed by atoms with van der Waals surface area (Å²) < 4.78 is 0. The summed E-state index contributed by atoms with van der Waals surface area (Å²) >= 11 is 0. The van der Waals surface area contributed by atoms with Crippen LogP contribution < -0.4 is 11.1 Å². The molecule has 0 spiro atoms. The third-order valence-electron chi connectivity index (χ3n) is 3.67. The maximum absolute atomic E-state index is 11.8. The van der Waals surface area contributed by atoms with E-state index in [1.165, 1.54) is 0 Å². The van der Waals surface area contributed by atoms with Crippen LogP contribution >= 0.6 is 0 Å². The average molecular weight is 318 g/mol. The Morgan fingerprint density at radius 1 is 1.04 bits per heavy atom. The first-order valence-electron chi connectivity index (χ1n) is 7.64. The monoisotopic (exact) mass is 318 g/mol. The van der Waals surface area contributed by atoms with Crippen molar-refractivity contribution in [3.63, 3.8) is 0 Å². The number of amides is 1. The van der Waals surface area contributed by atoms with E-state index in [9.17, 15) is 4.79 Å². The zero-order valence-electron chi connectivity index (χ0n) is 13.3. The lowest BCUT2D eigenvalue weighted by atomic mass is 10.1. The van der Waals surface area contributed by atoms with Crippen molar-refractivity contribution in [3.8, 4) is 11.4 Å². The highest BCUT2D eigenvalue weighted by Crippen LogP contribution is 2.22. The van der Waals surface area contributed by atoms with Crippen molar-refractivity contribution < 1.29 is 4.79 Å². The molecule has 5 nitrogen and oxygen atoms in total. The van der Waals surface area contributed by atoms with Crippen LogP contribution in [0.25, 0.3) is 11.4 Å². The number of primary amides is 1. The van der Waals surface area contributed by atoms with Gasteiger partial charge in [-0.2, -0.15) is 0 Å². The van der Waals surface area contributed by atoms with Gasteiger partial charge in [0.15, 0.2) is 5.82 Å². The van der Waals surface area contributed by atoms with E-state index in [0.29, 0.717) is 5.82 Å². The lowest BCUT2D eigenvalue weighted by Gasteiger charge is -2.17. The van der Waals surface area contributed by atoms with E-state index in [2.05, 4.69) is 15.3 Å². The van der Waals surface area contributed by atoms with Crippen molar-refractivity contribution in [3.05, 3.63) is 78.1 Å². The Morgan fingerprint density at radius 3 is 2.38 bits per heavy atom. The van der Waals surface area contributed by atoms with Crippen LogP contribution in [0.5, 0.6) is 0 Å². The lowest BCUT2D eigenvalue weighted by molar-refractivity contribution is -0.118. The summed E-state index contributed by atoms with van der Waals surface area (Å²) in [5, 5.41) is 3.17. The van der Waals surface area contributed by atoms with Crippen LogP contribution in [0.2, 0.25) is 0 Å². The second-order valence-electron chi connectivity index (χ2n) is 5.49. The molecule has 2 aromatic carbocycles. The zero-order chi connectivity index (χ0) is 16.9. The molecule has 1 unspecified atom stereocenters. The molecule has 0 radical (unpaired) electrons. The molecular formula is C19H18N4O. The van der Waals surface area contributed by atoms with Gasteiger partial charge in [-0.15, -0.1) is 0 Å². The number of hydrogen-bond donors (Lipinski definition) is 2. The van der Waals surface area contributed by atoms with E-state index >= 15 is 0 Å². The highest BCUT2D eigenvalue weighted by molar-refractivity contribution is 5.84. The van der Waals surface area contributed by atoms with Crippen molar-refractivity contribution in [1.82, 2.24) is 9.97 Å². The summed E-state index contributed by atoms with van der Waals surface area (Å²) in [4.78, 5) is 20.4. The maximum Gasteiger partial charge on any atom is 0.244 e. The summed E-state index contributed by atoms with van der Waals surface area (Å²) in [6, 6.07) is 18.3. The van der Waals surface area contributed by atoms with Gasteiger partial charge in [-0.05, 0) is 42.8 Å². The van der Waals surface area contributed by atoms with Crippen molar-refractivity contribution >= 4 is 11.6 Å². The minimum atomic E-state index is -0.577. The summed E-state index contributed by atoms with van der Waals surface area (Å²) in [6.07, 6.45) is 1.74. The normalized spacial score (nSPS) is 11.7. The summed E-state index contributed by atoms with van der Waals surface area (Å²) in [5.74, 6) is 0.253. The molecule has 1 aromatic heterocycles. The van der Waals surface area contributed by atoms with Crippen LogP contribution in [-0.2, 0) is 4.79 Å². The van der Waals surface area contributed by atoms with Crippen LogP contribution in [0, 0.1) is 6.92 Å². The number of aryl methyl sites for hydroxylation is 1. The Hall–Kier alpha value is -3.21. The van der Waals surface area contributed by atoms with Gasteiger partial charge >= 0.3 is 0 Å². The van der Waals surface area contributed by atoms with Gasteiger partial charge in [-0.1, -0.05) is 30.3 Å². The number of rotatable bonds is 5. The molecule has 0 aliphatic heterocycles. The minimum absolute atomic E-state index is 0.424. The molecule has 24 heavy (non-hydrogen) atoms. The quantitative estimate of drug-likeness (QED) is 0.757. The van der Waals surface area contributed by atoms with Gasteiger partial charge in [0.05, 0.1) is 0 Å². The van der Waals surface area contributed by atoms with Gasteiger partial charge in [0.25, 0.3) is 0 Å². The third-order valence-corrected chi connectivity index (χ3v) is 3.67. The van der Waals surface area contributed by atoms with Crippen molar-refractivity contribution in [2.75, 3.05) is 5.32 Å². The topological polar surface area (TPSA) is 80.9 Å². The molecule has 3 N–H and O–H groups in total. The molecule has 0 fully saturated rings. The summed E-state index contributed by atoms with van der Waals surface area (Å²) in [6.45, 7) is 1.93. The predicted molar refractivity (Wildman–Crippen MR) is 94.2 cm³/mol. The van der Waals surface area contributed by atoms with E-state index in [1.54, 1.807) is 6.20 Å². The summed E-state index contributed by atoms with van der Waals surface area (Å²) in [5.41, 5.74) is 9.00. The third kappa shape index (κ3) is 3.57. The van der Waals surface area contributed by atoms with Crippen LogP contribution in [0.15, 0.2) is 66.9 Å². The van der Waals surface area contributed by atoms with Gasteiger partial charge in [0.1, 0.15) is 6.04 Å². The molecule has 1 atom stereocenters. The number of aromatic nitrogens is 2. The van der Waals surface area contributed by atoms with E-state index in [0.717, 1.165) is 22.5 Å². The average Bonchev–Trinajstić information content (AvgIpc) is 2.61. The molecule has 3 aromatic rings. The van der Waals surface area contributed by atoms with Crippen molar-refractivity contribution in [2.24, 2.45) is 5.73 Å². The molecular weight excluding hydrogens is 300 g/mol. The maximum atomic E-state index is 11.8. The fourth-order valence-electron chi connectivity index (χ4n) is 2.43. The fourth-order valence-corrected chi connectivity index (χ4v) is 2.43. The Morgan fingerprint density at radius 2 is 1.75 bits per heavy atom. The summed E-state index contributed by atoms with van der Waals surface area (Å²) in [7, 11) is 0. The standard InChI is InChI=1S/C19H18N4O/c1-13-11-12-21-19(22-13)15-7-9-16(10-8-15)23-17(18(20)24)14-5-3-2-4-6-14/h2-12,17,23H,1H3,(H2,20,24). The number of nitrogens with one attached hydrogen (secondary N) is 1. The van der Waals surface area contributed by atoms with Crippen LogP contribution in [0.1, 0.15) is 17.3 Å². The molecule has 0 aliphatic carbocycles. The van der Waals surface area contributed by atoms with Gasteiger partial charge in [0.2, 0.25) is 5.91 Å². The first-order valence-corrected chi connectivity index (χ1v) is 7.64. The minimum Gasteiger partial charge on any atom is -0.370 e. The van der Waals surface area contributed by atoms with Gasteiger partial charge < -0.3 is 11.1 Å². The predicted octanol–water partition coefficient (Wildman–Crippen LogP) is 3.09. The number of carbonyl (C=O) groups is 1. The lowest BCUT2D eigenvalue weighted by Crippen LogP contribution is -2.27. The van der Waals surface area contributed by atoms with Crippen LogP contribution in [-0.4, -0.2) is 15.9 Å². The van der Waals surface area contributed by atoms with Crippen LogP contribution in [0.4, 0.5) is 5.69 Å². The zero-order valence-corrected chi connectivity index (χ0v) is 13.3. The first kappa shape index (κ1) is 15.7. The molecule has 120 valence electrons. The highest BCUT2D eigenvalue weighted by Gasteiger charge is 2.17. The number of benzene rings is 2. The van der Waals surface area contributed by atoms with Crippen LogP contribution in [0.3, 0.4) is 0 Å². The largest absolute Gasteiger partial charge is 0.370 e.